The zero-order chi connectivity index (χ0) is 18.4. The smallest absolute Gasteiger partial charge is 0.229 e. The molecule has 1 aliphatic heterocycles. The molecule has 1 aliphatic rings. The molecule has 26 heavy (non-hydrogen) atoms. The van der Waals surface area contributed by atoms with Crippen molar-refractivity contribution < 1.29 is 9.53 Å². The van der Waals surface area contributed by atoms with Crippen LogP contribution in [-0.4, -0.2) is 33.8 Å². The molecule has 1 aromatic carbocycles. The van der Waals surface area contributed by atoms with Gasteiger partial charge in [0.2, 0.25) is 5.91 Å². The van der Waals surface area contributed by atoms with E-state index in [2.05, 4.69) is 22.5 Å². The van der Waals surface area contributed by atoms with Gasteiger partial charge in [-0.25, -0.2) is 4.98 Å². The molecule has 0 saturated carbocycles. The molecule has 0 aliphatic carbocycles. The number of ether oxygens (including phenoxy) is 1. The highest BCUT2D eigenvalue weighted by Crippen LogP contribution is 2.30. The van der Waals surface area contributed by atoms with Gasteiger partial charge in [-0.15, -0.1) is 11.3 Å². The van der Waals surface area contributed by atoms with E-state index >= 15 is 0 Å². The third-order valence-electron chi connectivity index (χ3n) is 4.78. The zero-order valence-electron chi connectivity index (χ0n) is 15.0. The summed E-state index contributed by atoms with van der Waals surface area (Å²) in [5.74, 6) is 0.707. The molecule has 0 bridgehead atoms. The van der Waals surface area contributed by atoms with E-state index in [1.807, 2.05) is 32.2 Å². The van der Waals surface area contributed by atoms with Crippen molar-refractivity contribution in [3.05, 3.63) is 51.2 Å². The second kappa shape index (κ2) is 6.59. The number of benzene rings is 1. The third kappa shape index (κ3) is 3.08. The first-order valence-corrected chi connectivity index (χ1v) is 9.72. The fraction of sp³-hybridized carbons (Fsp3) is 0.368. The van der Waals surface area contributed by atoms with Gasteiger partial charge in [-0.3, -0.25) is 9.20 Å². The van der Waals surface area contributed by atoms with Crippen molar-refractivity contribution in [1.29, 1.82) is 0 Å². The number of hydrogen-bond acceptors (Lipinski definition) is 4. The number of thiazole rings is 1. The minimum atomic E-state index is -0.195. The largest absolute Gasteiger partial charge is 0.492 e. The molecule has 3 heterocycles. The zero-order valence-corrected chi connectivity index (χ0v) is 16.5. The lowest BCUT2D eigenvalue weighted by atomic mass is 9.95. The Morgan fingerprint density at radius 1 is 1.46 bits per heavy atom. The lowest BCUT2D eigenvalue weighted by Gasteiger charge is -2.28. The predicted octanol–water partition coefficient (Wildman–Crippen LogP) is 3.88. The molecule has 5 nitrogen and oxygen atoms in total. The van der Waals surface area contributed by atoms with Gasteiger partial charge >= 0.3 is 0 Å². The first kappa shape index (κ1) is 17.4. The molecular formula is C19H20ClN3O2S. The Hall–Kier alpha value is -2.05. The van der Waals surface area contributed by atoms with Gasteiger partial charge in [-0.05, 0) is 44.0 Å². The summed E-state index contributed by atoms with van der Waals surface area (Å²) in [6, 6.07) is 5.56. The molecule has 7 heteroatoms. The van der Waals surface area contributed by atoms with E-state index in [4.69, 9.17) is 16.3 Å². The molecule has 0 radical (unpaired) electrons. The Balaban J connectivity index is 1.52. The van der Waals surface area contributed by atoms with Crippen LogP contribution in [0.25, 0.3) is 4.96 Å². The molecule has 136 valence electrons. The van der Waals surface area contributed by atoms with Crippen molar-refractivity contribution in [2.75, 3.05) is 13.7 Å². The normalized spacial score (nSPS) is 16.4. The van der Waals surface area contributed by atoms with Crippen molar-refractivity contribution in [2.24, 2.45) is 5.92 Å². The molecule has 3 aromatic rings. The van der Waals surface area contributed by atoms with Gasteiger partial charge in [0.1, 0.15) is 12.4 Å². The number of amides is 1. The number of rotatable bonds is 3. The molecule has 2 aromatic heterocycles. The molecule has 1 unspecified atom stereocenters. The van der Waals surface area contributed by atoms with Gasteiger partial charge in [0, 0.05) is 23.1 Å². The summed E-state index contributed by atoms with van der Waals surface area (Å²) in [6.45, 7) is 4.98. The Labute approximate surface area is 161 Å². The fourth-order valence-corrected chi connectivity index (χ4v) is 4.52. The Kier molecular flexibility index (Phi) is 4.40. The van der Waals surface area contributed by atoms with Gasteiger partial charge in [0.15, 0.2) is 4.96 Å². The summed E-state index contributed by atoms with van der Waals surface area (Å²) in [7, 11) is 1.84. The summed E-state index contributed by atoms with van der Waals surface area (Å²) in [5.41, 5.74) is 3.01. The number of carbonyl (C=O) groups is 1. The first-order chi connectivity index (χ1) is 12.4. The topological polar surface area (TPSA) is 46.8 Å². The van der Waals surface area contributed by atoms with E-state index < -0.39 is 0 Å². The average Bonchev–Trinajstić information content (AvgIpc) is 3.09. The maximum Gasteiger partial charge on any atom is 0.229 e. The number of aromatic nitrogens is 2. The van der Waals surface area contributed by atoms with Crippen LogP contribution >= 0.6 is 22.9 Å². The van der Waals surface area contributed by atoms with Crippen LogP contribution in [0.1, 0.15) is 21.8 Å². The predicted molar refractivity (Wildman–Crippen MR) is 103 cm³/mol. The second-order valence-electron chi connectivity index (χ2n) is 6.80. The van der Waals surface area contributed by atoms with Crippen LogP contribution in [0.3, 0.4) is 0 Å². The second-order valence-corrected chi connectivity index (χ2v) is 8.45. The Bertz CT molecular complexity index is 994. The third-order valence-corrected chi connectivity index (χ3v) is 5.92. The fourth-order valence-electron chi connectivity index (χ4n) is 3.44. The summed E-state index contributed by atoms with van der Waals surface area (Å²) in [5, 5.41) is 0.666. The van der Waals surface area contributed by atoms with Crippen LogP contribution in [0, 0.1) is 19.8 Å². The Morgan fingerprint density at radius 3 is 3.08 bits per heavy atom. The maximum atomic E-state index is 13.0. The number of imidazole rings is 1. The van der Waals surface area contributed by atoms with E-state index in [-0.39, 0.29) is 11.8 Å². The van der Waals surface area contributed by atoms with Crippen LogP contribution in [0.15, 0.2) is 24.4 Å². The molecule has 0 saturated heterocycles. The van der Waals surface area contributed by atoms with Crippen LogP contribution in [-0.2, 0) is 17.8 Å². The van der Waals surface area contributed by atoms with Crippen molar-refractivity contribution >= 4 is 33.8 Å². The van der Waals surface area contributed by atoms with E-state index in [0.29, 0.717) is 24.6 Å². The van der Waals surface area contributed by atoms with Crippen molar-refractivity contribution in [1.82, 2.24) is 14.3 Å². The van der Waals surface area contributed by atoms with Crippen LogP contribution in [0.5, 0.6) is 5.75 Å². The SMILES string of the molecule is Cc1cn2c(CN(C)C(=O)C3COc4ccc(Cl)cc4C3)c(C)nc2s1. The Morgan fingerprint density at radius 2 is 2.27 bits per heavy atom. The lowest BCUT2D eigenvalue weighted by molar-refractivity contribution is -0.136. The molecule has 0 fully saturated rings. The molecular weight excluding hydrogens is 370 g/mol. The van der Waals surface area contributed by atoms with Gasteiger partial charge in [-0.1, -0.05) is 11.6 Å². The number of aryl methyl sites for hydroxylation is 2. The summed E-state index contributed by atoms with van der Waals surface area (Å²) in [4.78, 5) is 21.5. The molecule has 0 spiro atoms. The van der Waals surface area contributed by atoms with Crippen molar-refractivity contribution in [3.8, 4) is 5.75 Å². The lowest BCUT2D eigenvalue weighted by Crippen LogP contribution is -2.38. The molecule has 4 rings (SSSR count). The minimum absolute atomic E-state index is 0.0805. The van der Waals surface area contributed by atoms with Gasteiger partial charge in [0.25, 0.3) is 0 Å². The van der Waals surface area contributed by atoms with Gasteiger partial charge in [-0.2, -0.15) is 0 Å². The number of fused-ring (bicyclic) bond motifs is 2. The highest BCUT2D eigenvalue weighted by Gasteiger charge is 2.29. The molecule has 0 N–H and O–H groups in total. The van der Waals surface area contributed by atoms with Crippen LogP contribution < -0.4 is 4.74 Å². The first-order valence-electron chi connectivity index (χ1n) is 8.52. The number of nitrogens with zero attached hydrogens (tertiary/aromatic N) is 3. The molecule has 1 atom stereocenters. The molecule has 1 amide bonds. The van der Waals surface area contributed by atoms with Crippen LogP contribution in [0.2, 0.25) is 5.02 Å². The monoisotopic (exact) mass is 389 g/mol. The highest BCUT2D eigenvalue weighted by molar-refractivity contribution is 7.17. The van der Waals surface area contributed by atoms with Crippen molar-refractivity contribution in [2.45, 2.75) is 26.8 Å². The quantitative estimate of drug-likeness (QED) is 0.683. The average molecular weight is 390 g/mol. The minimum Gasteiger partial charge on any atom is -0.492 e. The number of halogens is 1. The number of carbonyl (C=O) groups excluding carboxylic acids is 1. The van der Waals surface area contributed by atoms with E-state index in [0.717, 1.165) is 27.7 Å². The summed E-state index contributed by atoms with van der Waals surface area (Å²) >= 11 is 7.74. The highest BCUT2D eigenvalue weighted by atomic mass is 35.5. The van der Waals surface area contributed by atoms with Gasteiger partial charge < -0.3 is 9.64 Å². The van der Waals surface area contributed by atoms with E-state index in [1.54, 1.807) is 16.2 Å². The van der Waals surface area contributed by atoms with E-state index in [1.165, 1.54) is 4.88 Å². The van der Waals surface area contributed by atoms with Crippen LogP contribution in [0.4, 0.5) is 0 Å². The number of hydrogen-bond donors (Lipinski definition) is 0. The van der Waals surface area contributed by atoms with Gasteiger partial charge in [0.05, 0.1) is 23.9 Å². The summed E-state index contributed by atoms with van der Waals surface area (Å²) < 4.78 is 7.86. The van der Waals surface area contributed by atoms with Crippen molar-refractivity contribution in [3.63, 3.8) is 0 Å². The van der Waals surface area contributed by atoms with E-state index in [9.17, 15) is 4.79 Å². The maximum absolute atomic E-state index is 13.0. The standard InChI is InChI=1S/C19H20ClN3O2S/c1-11-8-23-16(12(2)21-19(23)26-11)9-22(3)18(24)14-6-13-7-15(20)4-5-17(13)25-10-14/h4-5,7-8,14H,6,9-10H2,1-3H3. The summed E-state index contributed by atoms with van der Waals surface area (Å²) in [6.07, 6.45) is 2.73.